The van der Waals surface area contributed by atoms with Crippen molar-refractivity contribution in [2.75, 3.05) is 7.11 Å². The summed E-state index contributed by atoms with van der Waals surface area (Å²) in [5.41, 5.74) is 10.4. The summed E-state index contributed by atoms with van der Waals surface area (Å²) >= 11 is 6.35. The Balaban J connectivity index is 3.26. The molecule has 0 saturated carbocycles. The number of methoxy groups -OCH3 is 1. The molecule has 0 spiro atoms. The zero-order valence-corrected chi connectivity index (χ0v) is 12.1. The van der Waals surface area contributed by atoms with E-state index in [1.165, 1.54) is 5.56 Å². The van der Waals surface area contributed by atoms with Gasteiger partial charge in [-0.3, -0.25) is 0 Å². The Morgan fingerprint density at radius 3 is 2.24 bits per heavy atom. The van der Waals surface area contributed by atoms with Crippen molar-refractivity contribution in [2.24, 2.45) is 5.73 Å². The highest BCUT2D eigenvalue weighted by atomic mass is 35.5. The van der Waals surface area contributed by atoms with E-state index >= 15 is 0 Å². The summed E-state index contributed by atoms with van der Waals surface area (Å²) in [5, 5.41) is 0.850. The van der Waals surface area contributed by atoms with Gasteiger partial charge in [-0.05, 0) is 62.8 Å². The fraction of sp³-hybridized carbons (Fsp3) is 0.571. The molecule has 1 aromatic carbocycles. The number of hydrogen-bond acceptors (Lipinski definition) is 2. The highest BCUT2D eigenvalue weighted by Gasteiger charge is 2.16. The fourth-order valence-corrected chi connectivity index (χ4v) is 2.35. The van der Waals surface area contributed by atoms with Gasteiger partial charge in [0.2, 0.25) is 0 Å². The van der Waals surface area contributed by atoms with Gasteiger partial charge in [0.25, 0.3) is 0 Å². The minimum atomic E-state index is 0.194. The minimum Gasteiger partial charge on any atom is -0.496 e. The maximum absolute atomic E-state index is 6.35. The molecule has 17 heavy (non-hydrogen) atoms. The van der Waals surface area contributed by atoms with Gasteiger partial charge >= 0.3 is 0 Å². The molecule has 0 radical (unpaired) electrons. The Labute approximate surface area is 109 Å². The van der Waals surface area contributed by atoms with Crippen molar-refractivity contribution in [1.29, 1.82) is 0 Å². The summed E-state index contributed by atoms with van der Waals surface area (Å²) in [6, 6.07) is 0.194. The fourth-order valence-electron chi connectivity index (χ4n) is 2.09. The van der Waals surface area contributed by atoms with Crippen LogP contribution in [0.25, 0.3) is 0 Å². The number of ether oxygens (including phenoxy) is 1. The van der Waals surface area contributed by atoms with Crippen LogP contribution >= 0.6 is 11.6 Å². The number of benzene rings is 1. The van der Waals surface area contributed by atoms with Crippen molar-refractivity contribution in [2.45, 2.75) is 46.6 Å². The van der Waals surface area contributed by atoms with Gasteiger partial charge in [0.1, 0.15) is 5.75 Å². The van der Waals surface area contributed by atoms with Crippen molar-refractivity contribution in [3.63, 3.8) is 0 Å². The van der Waals surface area contributed by atoms with E-state index in [-0.39, 0.29) is 6.04 Å². The van der Waals surface area contributed by atoms with Crippen LogP contribution in [0.5, 0.6) is 5.75 Å². The molecule has 1 aromatic rings. The van der Waals surface area contributed by atoms with Crippen molar-refractivity contribution in [3.8, 4) is 5.75 Å². The molecule has 0 aliphatic heterocycles. The first kappa shape index (κ1) is 14.3. The first-order chi connectivity index (χ1) is 7.90. The number of hydrogen-bond donors (Lipinski definition) is 1. The summed E-state index contributed by atoms with van der Waals surface area (Å²) in [4.78, 5) is 0. The van der Waals surface area contributed by atoms with E-state index in [9.17, 15) is 0 Å². The average Bonchev–Trinajstić information content (AvgIpc) is 2.29. The lowest BCUT2D eigenvalue weighted by atomic mass is 9.94. The smallest absolute Gasteiger partial charge is 0.125 e. The average molecular weight is 256 g/mol. The molecule has 0 saturated heterocycles. The molecule has 1 unspecified atom stereocenters. The van der Waals surface area contributed by atoms with Crippen molar-refractivity contribution < 1.29 is 4.74 Å². The third-order valence-corrected chi connectivity index (χ3v) is 3.91. The third kappa shape index (κ3) is 2.93. The van der Waals surface area contributed by atoms with Gasteiger partial charge in [-0.2, -0.15) is 0 Å². The van der Waals surface area contributed by atoms with Gasteiger partial charge < -0.3 is 10.5 Å². The molecule has 1 atom stereocenters. The van der Waals surface area contributed by atoms with Crippen LogP contribution in [-0.4, -0.2) is 13.2 Å². The minimum absolute atomic E-state index is 0.194. The largest absolute Gasteiger partial charge is 0.496 e. The van der Waals surface area contributed by atoms with Crippen LogP contribution < -0.4 is 10.5 Å². The molecule has 0 heterocycles. The SMILES string of the molecule is COc1c(C)c(C)c(Cl)c(C)c1CCC(C)N. The summed E-state index contributed by atoms with van der Waals surface area (Å²) in [5.74, 6) is 0.963. The molecule has 0 aromatic heterocycles. The van der Waals surface area contributed by atoms with Crippen molar-refractivity contribution in [1.82, 2.24) is 0 Å². The van der Waals surface area contributed by atoms with Gasteiger partial charge in [0.05, 0.1) is 7.11 Å². The second-order valence-electron chi connectivity index (χ2n) is 4.72. The molecule has 3 heteroatoms. The predicted octanol–water partition coefficient (Wildman–Crippen LogP) is 3.55. The zero-order valence-electron chi connectivity index (χ0n) is 11.4. The highest BCUT2D eigenvalue weighted by Crippen LogP contribution is 2.36. The van der Waals surface area contributed by atoms with E-state index in [1.807, 2.05) is 20.8 Å². The Morgan fingerprint density at radius 1 is 1.18 bits per heavy atom. The molecule has 0 aliphatic rings. The highest BCUT2D eigenvalue weighted by molar-refractivity contribution is 6.32. The maximum atomic E-state index is 6.35. The van der Waals surface area contributed by atoms with Crippen molar-refractivity contribution >= 4 is 11.6 Å². The molecule has 0 bridgehead atoms. The lowest BCUT2D eigenvalue weighted by Crippen LogP contribution is -2.16. The molecule has 0 fully saturated rings. The molecule has 0 aliphatic carbocycles. The van der Waals surface area contributed by atoms with Crippen LogP contribution in [0.15, 0.2) is 0 Å². The molecule has 2 nitrogen and oxygen atoms in total. The second-order valence-corrected chi connectivity index (χ2v) is 5.09. The molecular weight excluding hydrogens is 234 g/mol. The third-order valence-electron chi connectivity index (χ3n) is 3.34. The van der Waals surface area contributed by atoms with E-state index in [1.54, 1.807) is 7.11 Å². The van der Waals surface area contributed by atoms with E-state index in [0.29, 0.717) is 0 Å². The van der Waals surface area contributed by atoms with Crippen LogP contribution in [0.3, 0.4) is 0 Å². The Bertz CT molecular complexity index is 413. The van der Waals surface area contributed by atoms with Gasteiger partial charge in [-0.1, -0.05) is 11.6 Å². The summed E-state index contributed by atoms with van der Waals surface area (Å²) in [6.45, 7) is 8.15. The number of rotatable bonds is 4. The van der Waals surface area contributed by atoms with Gasteiger partial charge in [-0.25, -0.2) is 0 Å². The first-order valence-electron chi connectivity index (χ1n) is 5.97. The van der Waals surface area contributed by atoms with Gasteiger partial charge in [-0.15, -0.1) is 0 Å². The second kappa shape index (κ2) is 5.74. The monoisotopic (exact) mass is 255 g/mol. The lowest BCUT2D eigenvalue weighted by Gasteiger charge is -2.19. The molecule has 96 valence electrons. The summed E-state index contributed by atoms with van der Waals surface area (Å²) in [6.07, 6.45) is 1.85. The topological polar surface area (TPSA) is 35.2 Å². The molecular formula is C14H22ClNO. The normalized spacial score (nSPS) is 12.6. The maximum Gasteiger partial charge on any atom is 0.125 e. The predicted molar refractivity (Wildman–Crippen MR) is 74.2 cm³/mol. The Kier molecular flexibility index (Phi) is 4.84. The first-order valence-corrected chi connectivity index (χ1v) is 6.35. The number of halogens is 1. The lowest BCUT2D eigenvalue weighted by molar-refractivity contribution is 0.404. The van der Waals surface area contributed by atoms with Gasteiger partial charge in [0, 0.05) is 11.1 Å². The molecule has 1 rings (SSSR count). The van der Waals surface area contributed by atoms with E-state index in [0.717, 1.165) is 40.3 Å². The Hall–Kier alpha value is -0.730. The van der Waals surface area contributed by atoms with Crippen LogP contribution in [0.1, 0.15) is 35.6 Å². The number of nitrogens with two attached hydrogens (primary N) is 1. The summed E-state index contributed by atoms with van der Waals surface area (Å²) in [7, 11) is 1.71. The summed E-state index contributed by atoms with van der Waals surface area (Å²) < 4.78 is 5.53. The van der Waals surface area contributed by atoms with E-state index in [2.05, 4.69) is 6.92 Å². The zero-order chi connectivity index (χ0) is 13.2. The van der Waals surface area contributed by atoms with Gasteiger partial charge in [0.15, 0.2) is 0 Å². The van der Waals surface area contributed by atoms with Crippen LogP contribution in [0.2, 0.25) is 5.02 Å². The van der Waals surface area contributed by atoms with E-state index < -0.39 is 0 Å². The van der Waals surface area contributed by atoms with Crippen molar-refractivity contribution in [3.05, 3.63) is 27.3 Å². The Morgan fingerprint density at radius 2 is 1.76 bits per heavy atom. The standard InChI is InChI=1S/C14H22ClNO/c1-8(16)6-7-12-11(4)13(15)9(2)10(3)14(12)17-5/h8H,6-7,16H2,1-5H3. The van der Waals surface area contributed by atoms with Crippen LogP contribution in [-0.2, 0) is 6.42 Å². The quantitative estimate of drug-likeness (QED) is 0.893. The van der Waals surface area contributed by atoms with Crippen LogP contribution in [0.4, 0.5) is 0 Å². The molecule has 2 N–H and O–H groups in total. The van der Waals surface area contributed by atoms with E-state index in [4.69, 9.17) is 22.1 Å². The molecule has 0 amide bonds. The van der Waals surface area contributed by atoms with Crippen LogP contribution in [0, 0.1) is 20.8 Å².